The molecule has 0 saturated carbocycles. The lowest BCUT2D eigenvalue weighted by Gasteiger charge is -2.05. The predicted octanol–water partition coefficient (Wildman–Crippen LogP) is 11.0. The molecule has 0 saturated heterocycles. The summed E-state index contributed by atoms with van der Waals surface area (Å²) >= 11 is 1.59. The number of benzene rings is 5. The molecule has 6 aromatic rings. The summed E-state index contributed by atoms with van der Waals surface area (Å²) in [6.07, 6.45) is -2.61. The molecule has 0 fully saturated rings. The summed E-state index contributed by atoms with van der Waals surface area (Å²) in [7, 11) is 0. The van der Waals surface area contributed by atoms with Crippen LogP contribution in [0.5, 0.6) is 0 Å². The van der Waals surface area contributed by atoms with E-state index >= 15 is 0 Å². The summed E-state index contributed by atoms with van der Waals surface area (Å²) in [5.74, 6) is 0. The third-order valence-electron chi connectivity index (χ3n) is 6.10. The molecule has 0 atom stereocenters. The maximum atomic E-state index is 12.7. The van der Waals surface area contributed by atoms with Gasteiger partial charge in [0.2, 0.25) is 0 Å². The molecular weight excluding hydrogens is 545 g/mol. The highest BCUT2D eigenvalue weighted by molar-refractivity contribution is 7.20. The van der Waals surface area contributed by atoms with Crippen molar-refractivity contribution in [3.05, 3.63) is 120 Å². The molecule has 0 aliphatic heterocycles. The van der Waals surface area contributed by atoms with E-state index in [4.69, 9.17) is 4.99 Å². The van der Waals surface area contributed by atoms with Gasteiger partial charge in [0.25, 0.3) is 0 Å². The smallest absolute Gasteiger partial charge is 0.253 e. The van der Waals surface area contributed by atoms with Crippen molar-refractivity contribution < 1.29 is 13.2 Å². The predicted molar refractivity (Wildman–Crippen MR) is 157 cm³/mol. The molecule has 0 amide bonds. The zero-order valence-corrected chi connectivity index (χ0v) is 22.0. The van der Waals surface area contributed by atoms with Gasteiger partial charge in [-0.05, 0) is 72.8 Å². The van der Waals surface area contributed by atoms with Crippen molar-refractivity contribution in [1.29, 1.82) is 0 Å². The molecule has 1 heterocycles. The zero-order valence-electron chi connectivity index (χ0n) is 21.2. The molecule has 0 spiro atoms. The summed E-state index contributed by atoms with van der Waals surface area (Å²) in [6.45, 7) is 0. The Morgan fingerprint density at radius 1 is 0.585 bits per heavy atom. The number of rotatable bonds is 6. The van der Waals surface area contributed by atoms with E-state index in [2.05, 4.69) is 25.4 Å². The van der Waals surface area contributed by atoms with Gasteiger partial charge < -0.3 is 0 Å². The molecule has 0 radical (unpaired) electrons. The Balaban J connectivity index is 1.18. The molecule has 0 aliphatic rings. The lowest BCUT2D eigenvalue weighted by Crippen LogP contribution is -2.03. The van der Waals surface area contributed by atoms with E-state index < -0.39 is 11.7 Å². The Labute approximate surface area is 236 Å². The van der Waals surface area contributed by atoms with Crippen LogP contribution in [-0.4, -0.2) is 11.2 Å². The summed E-state index contributed by atoms with van der Waals surface area (Å²) in [4.78, 5) is 9.32. The standard InChI is InChI=1S/C31H19F3N6S/c32-31(33,34)20-9-11-21(12-10-20)37-38-22-13-15-23(16-14-22)39-40-27-18-17-26(24-5-1-2-6-25(24)27)35-19-30-36-28-7-3-4-8-29(28)41-30/h1-19H. The van der Waals surface area contributed by atoms with Crippen LogP contribution in [0.25, 0.3) is 21.0 Å². The molecule has 0 N–H and O–H groups in total. The topological polar surface area (TPSA) is 74.7 Å². The van der Waals surface area contributed by atoms with E-state index in [1.807, 2.05) is 60.7 Å². The number of fused-ring (bicyclic) bond motifs is 2. The first-order valence-corrected chi connectivity index (χ1v) is 13.3. The van der Waals surface area contributed by atoms with Crippen LogP contribution in [0, 0.1) is 0 Å². The Morgan fingerprint density at radius 3 is 1.76 bits per heavy atom. The van der Waals surface area contributed by atoms with Crippen LogP contribution in [0.3, 0.4) is 0 Å². The Morgan fingerprint density at radius 2 is 1.12 bits per heavy atom. The summed E-state index contributed by atoms with van der Waals surface area (Å²) < 4.78 is 39.3. The van der Waals surface area contributed by atoms with Crippen LogP contribution in [0.4, 0.5) is 41.6 Å². The van der Waals surface area contributed by atoms with E-state index in [0.29, 0.717) is 22.7 Å². The number of halogens is 3. The summed E-state index contributed by atoms with van der Waals surface area (Å²) in [6, 6.07) is 31.0. The molecule has 0 aliphatic carbocycles. The average molecular weight is 565 g/mol. The molecule has 6 rings (SSSR count). The minimum atomic E-state index is -4.39. The highest BCUT2D eigenvalue weighted by Gasteiger charge is 2.29. The lowest BCUT2D eigenvalue weighted by molar-refractivity contribution is -0.137. The largest absolute Gasteiger partial charge is 0.416 e. The summed E-state index contributed by atoms with van der Waals surface area (Å²) in [5.41, 5.74) is 3.19. The fourth-order valence-corrected chi connectivity index (χ4v) is 4.91. The van der Waals surface area contributed by atoms with Gasteiger partial charge in [0.05, 0.1) is 50.4 Å². The van der Waals surface area contributed by atoms with Crippen molar-refractivity contribution in [2.75, 3.05) is 0 Å². The molecule has 41 heavy (non-hydrogen) atoms. The van der Waals surface area contributed by atoms with Crippen LogP contribution in [-0.2, 0) is 6.18 Å². The fourth-order valence-electron chi connectivity index (χ4n) is 4.07. The second kappa shape index (κ2) is 11.2. The van der Waals surface area contributed by atoms with Gasteiger partial charge in [-0.15, -0.1) is 16.5 Å². The number of para-hydroxylation sites is 1. The molecule has 200 valence electrons. The minimum absolute atomic E-state index is 0.321. The van der Waals surface area contributed by atoms with Gasteiger partial charge in [0, 0.05) is 10.8 Å². The Hall–Kier alpha value is -5.09. The highest BCUT2D eigenvalue weighted by atomic mass is 32.1. The van der Waals surface area contributed by atoms with Crippen molar-refractivity contribution in [3.8, 4) is 0 Å². The zero-order chi connectivity index (χ0) is 28.2. The minimum Gasteiger partial charge on any atom is -0.253 e. The number of hydrogen-bond donors (Lipinski definition) is 0. The van der Waals surface area contributed by atoms with Gasteiger partial charge in [-0.2, -0.15) is 28.5 Å². The fraction of sp³-hybridized carbons (Fsp3) is 0.0323. The molecule has 0 unspecified atom stereocenters. The maximum Gasteiger partial charge on any atom is 0.416 e. The van der Waals surface area contributed by atoms with Crippen molar-refractivity contribution in [1.82, 2.24) is 4.98 Å². The molecular formula is C31H19F3N6S. The van der Waals surface area contributed by atoms with Crippen LogP contribution in [0.1, 0.15) is 10.6 Å². The second-order valence-corrected chi connectivity index (χ2v) is 9.95. The van der Waals surface area contributed by atoms with Crippen molar-refractivity contribution in [2.24, 2.45) is 25.4 Å². The molecule has 1 aromatic heterocycles. The number of aromatic nitrogens is 1. The maximum absolute atomic E-state index is 12.7. The first kappa shape index (κ1) is 26.1. The van der Waals surface area contributed by atoms with Crippen LogP contribution in [0.2, 0.25) is 0 Å². The van der Waals surface area contributed by atoms with Crippen molar-refractivity contribution in [2.45, 2.75) is 6.18 Å². The van der Waals surface area contributed by atoms with Crippen LogP contribution in [0.15, 0.2) is 135 Å². The van der Waals surface area contributed by atoms with E-state index in [9.17, 15) is 13.2 Å². The van der Waals surface area contributed by atoms with Crippen LogP contribution < -0.4 is 0 Å². The Kier molecular flexibility index (Phi) is 7.13. The third kappa shape index (κ3) is 6.07. The van der Waals surface area contributed by atoms with Gasteiger partial charge in [0.15, 0.2) is 0 Å². The average Bonchev–Trinajstić information content (AvgIpc) is 3.41. The van der Waals surface area contributed by atoms with Crippen molar-refractivity contribution >= 4 is 67.0 Å². The number of alkyl halides is 3. The SMILES string of the molecule is FC(F)(F)c1ccc(N=Nc2ccc(N=Nc3ccc(N=Cc4nc5ccccc5s4)c4ccccc34)cc2)cc1. The first-order valence-electron chi connectivity index (χ1n) is 12.4. The van der Waals surface area contributed by atoms with Gasteiger partial charge in [-0.25, -0.2) is 4.98 Å². The van der Waals surface area contributed by atoms with Crippen LogP contribution >= 0.6 is 11.3 Å². The molecule has 5 aromatic carbocycles. The van der Waals surface area contributed by atoms with Gasteiger partial charge in [-0.1, -0.05) is 36.4 Å². The second-order valence-electron chi connectivity index (χ2n) is 8.89. The lowest BCUT2D eigenvalue weighted by atomic mass is 10.1. The number of aliphatic imine (C=N–C) groups is 1. The van der Waals surface area contributed by atoms with Gasteiger partial charge in [-0.3, -0.25) is 4.99 Å². The van der Waals surface area contributed by atoms with E-state index in [1.165, 1.54) is 12.1 Å². The Bertz CT molecular complexity index is 1890. The molecule has 10 heteroatoms. The number of thiazole rings is 1. The highest BCUT2D eigenvalue weighted by Crippen LogP contribution is 2.35. The van der Waals surface area contributed by atoms with E-state index in [-0.39, 0.29) is 0 Å². The van der Waals surface area contributed by atoms with Gasteiger partial charge >= 0.3 is 6.18 Å². The van der Waals surface area contributed by atoms with E-state index in [0.717, 1.165) is 43.8 Å². The number of nitrogens with zero attached hydrogens (tertiary/aromatic N) is 6. The molecule has 0 bridgehead atoms. The number of hydrogen-bond acceptors (Lipinski definition) is 7. The van der Waals surface area contributed by atoms with E-state index in [1.54, 1.807) is 41.8 Å². The normalized spacial score (nSPS) is 12.5. The first-order chi connectivity index (χ1) is 19.9. The number of azo groups is 2. The quantitative estimate of drug-likeness (QED) is 0.146. The summed E-state index contributed by atoms with van der Waals surface area (Å²) in [5, 5.41) is 19.6. The monoisotopic (exact) mass is 564 g/mol. The third-order valence-corrected chi connectivity index (χ3v) is 7.07. The van der Waals surface area contributed by atoms with Crippen molar-refractivity contribution in [3.63, 3.8) is 0 Å². The molecule has 6 nitrogen and oxygen atoms in total. The van der Waals surface area contributed by atoms with Gasteiger partial charge in [0.1, 0.15) is 5.01 Å².